The van der Waals surface area contributed by atoms with E-state index in [1.807, 2.05) is 19.9 Å². The summed E-state index contributed by atoms with van der Waals surface area (Å²) < 4.78 is 0. The number of hydrogen-bond donors (Lipinski definition) is 1. The van der Waals surface area contributed by atoms with Gasteiger partial charge in [0.1, 0.15) is 0 Å². The Labute approximate surface area is 108 Å². The maximum atomic E-state index is 10.9. The molecule has 0 aromatic heterocycles. The highest BCUT2D eigenvalue weighted by Gasteiger charge is 2.21. The molecule has 2 atom stereocenters. The van der Waals surface area contributed by atoms with Crippen molar-refractivity contribution < 1.29 is 4.92 Å². The van der Waals surface area contributed by atoms with Crippen LogP contribution >= 0.6 is 0 Å². The van der Waals surface area contributed by atoms with Crippen LogP contribution in [0.25, 0.3) is 0 Å². The van der Waals surface area contributed by atoms with Gasteiger partial charge in [0.2, 0.25) is 0 Å². The van der Waals surface area contributed by atoms with Crippen molar-refractivity contribution in [3.63, 3.8) is 0 Å². The number of rotatable bonds is 5. The van der Waals surface area contributed by atoms with Gasteiger partial charge in [0, 0.05) is 17.7 Å². The van der Waals surface area contributed by atoms with Gasteiger partial charge in [-0.15, -0.1) is 0 Å². The number of nitrogens with zero attached hydrogens (tertiary/aromatic N) is 1. The third-order valence-electron chi connectivity index (χ3n) is 3.60. The minimum Gasteiger partial charge on any atom is -0.328 e. The molecule has 0 aliphatic heterocycles. The quantitative estimate of drug-likeness (QED) is 0.645. The second kappa shape index (κ2) is 5.96. The smallest absolute Gasteiger partial charge is 0.272 e. The lowest BCUT2D eigenvalue weighted by Gasteiger charge is -2.25. The fourth-order valence-corrected chi connectivity index (χ4v) is 2.37. The van der Waals surface area contributed by atoms with Gasteiger partial charge in [0.25, 0.3) is 5.69 Å². The molecule has 2 N–H and O–H groups in total. The summed E-state index contributed by atoms with van der Waals surface area (Å²) in [6, 6.07) is 5.34. The van der Waals surface area contributed by atoms with E-state index in [1.54, 1.807) is 12.1 Å². The van der Waals surface area contributed by atoms with Crippen LogP contribution in [-0.4, -0.2) is 11.0 Å². The highest BCUT2D eigenvalue weighted by molar-refractivity contribution is 5.44. The first-order chi connectivity index (χ1) is 8.34. The Balaban J connectivity index is 3.04. The monoisotopic (exact) mass is 250 g/mol. The molecule has 0 bridgehead atoms. The van der Waals surface area contributed by atoms with Crippen molar-refractivity contribution in [3.05, 3.63) is 39.4 Å². The van der Waals surface area contributed by atoms with Crippen LogP contribution in [-0.2, 0) is 6.42 Å². The number of benzene rings is 1. The van der Waals surface area contributed by atoms with Gasteiger partial charge in [-0.3, -0.25) is 10.1 Å². The first kappa shape index (κ1) is 14.6. The molecule has 0 heterocycles. The lowest BCUT2D eigenvalue weighted by molar-refractivity contribution is -0.385. The Morgan fingerprint density at radius 2 is 1.94 bits per heavy atom. The molecule has 2 unspecified atom stereocenters. The number of nitro benzene ring substituents is 1. The van der Waals surface area contributed by atoms with Crippen LogP contribution in [0.15, 0.2) is 18.2 Å². The molecule has 0 radical (unpaired) electrons. The van der Waals surface area contributed by atoms with E-state index >= 15 is 0 Å². The Kier molecular flexibility index (Phi) is 4.84. The van der Waals surface area contributed by atoms with Crippen molar-refractivity contribution in [1.29, 1.82) is 0 Å². The van der Waals surface area contributed by atoms with Crippen molar-refractivity contribution in [2.45, 2.75) is 40.2 Å². The summed E-state index contributed by atoms with van der Waals surface area (Å²) in [6.45, 7) is 8.09. The van der Waals surface area contributed by atoms with Gasteiger partial charge in [-0.1, -0.05) is 26.0 Å². The normalized spacial score (nSPS) is 14.6. The van der Waals surface area contributed by atoms with E-state index in [0.29, 0.717) is 11.8 Å². The SMILES string of the molecule is Cc1c(CC(C(C)C)C(C)N)cccc1[N+](=O)[O-]. The lowest BCUT2D eigenvalue weighted by atomic mass is 9.83. The Bertz CT molecular complexity index is 420. The van der Waals surface area contributed by atoms with E-state index in [9.17, 15) is 10.1 Å². The first-order valence-corrected chi connectivity index (χ1v) is 6.33. The lowest BCUT2D eigenvalue weighted by Crippen LogP contribution is -2.32. The molecule has 4 nitrogen and oxygen atoms in total. The largest absolute Gasteiger partial charge is 0.328 e. The van der Waals surface area contributed by atoms with E-state index in [-0.39, 0.29) is 16.7 Å². The fourth-order valence-electron chi connectivity index (χ4n) is 2.37. The van der Waals surface area contributed by atoms with Gasteiger partial charge in [-0.2, -0.15) is 0 Å². The standard InChI is InChI=1S/C14H22N2O2/c1-9(2)13(11(4)15)8-12-6-5-7-14(10(12)3)16(17)18/h5-7,9,11,13H,8,15H2,1-4H3. The summed E-state index contributed by atoms with van der Waals surface area (Å²) in [5.74, 6) is 0.800. The zero-order valence-corrected chi connectivity index (χ0v) is 11.5. The molecule has 4 heteroatoms. The highest BCUT2D eigenvalue weighted by Crippen LogP contribution is 2.26. The Hall–Kier alpha value is -1.42. The first-order valence-electron chi connectivity index (χ1n) is 6.33. The highest BCUT2D eigenvalue weighted by atomic mass is 16.6. The fraction of sp³-hybridized carbons (Fsp3) is 0.571. The molecule has 0 spiro atoms. The molecule has 0 aliphatic carbocycles. The van der Waals surface area contributed by atoms with Crippen LogP contribution in [0.5, 0.6) is 0 Å². The zero-order valence-electron chi connectivity index (χ0n) is 11.5. The summed E-state index contributed by atoms with van der Waals surface area (Å²) in [5.41, 5.74) is 7.98. The molecule has 18 heavy (non-hydrogen) atoms. The third-order valence-corrected chi connectivity index (χ3v) is 3.60. The maximum Gasteiger partial charge on any atom is 0.272 e. The minimum absolute atomic E-state index is 0.0867. The number of nitro groups is 1. The molecule has 100 valence electrons. The van der Waals surface area contributed by atoms with Gasteiger partial charge >= 0.3 is 0 Å². The van der Waals surface area contributed by atoms with E-state index in [0.717, 1.165) is 17.5 Å². The van der Waals surface area contributed by atoms with Crippen LogP contribution < -0.4 is 5.73 Å². The maximum absolute atomic E-state index is 10.9. The Morgan fingerprint density at radius 1 is 1.33 bits per heavy atom. The van der Waals surface area contributed by atoms with Crippen LogP contribution in [0.1, 0.15) is 31.9 Å². The van der Waals surface area contributed by atoms with Gasteiger partial charge < -0.3 is 5.73 Å². The molecule has 1 rings (SSSR count). The Morgan fingerprint density at radius 3 is 2.39 bits per heavy atom. The molecular weight excluding hydrogens is 228 g/mol. The van der Waals surface area contributed by atoms with E-state index in [4.69, 9.17) is 5.73 Å². The summed E-state index contributed by atoms with van der Waals surface area (Å²) in [6.07, 6.45) is 0.794. The predicted molar refractivity (Wildman–Crippen MR) is 73.5 cm³/mol. The van der Waals surface area contributed by atoms with E-state index < -0.39 is 0 Å². The summed E-state index contributed by atoms with van der Waals surface area (Å²) in [4.78, 5) is 10.6. The van der Waals surface area contributed by atoms with Gasteiger partial charge in [-0.05, 0) is 37.7 Å². The van der Waals surface area contributed by atoms with Crippen molar-refractivity contribution in [2.75, 3.05) is 0 Å². The molecule has 0 saturated heterocycles. The van der Waals surface area contributed by atoms with Gasteiger partial charge in [-0.25, -0.2) is 0 Å². The van der Waals surface area contributed by atoms with E-state index in [2.05, 4.69) is 13.8 Å². The molecular formula is C14H22N2O2. The second-order valence-corrected chi connectivity index (χ2v) is 5.29. The molecule has 0 amide bonds. The second-order valence-electron chi connectivity index (χ2n) is 5.29. The number of hydrogen-bond acceptors (Lipinski definition) is 3. The molecule has 0 fully saturated rings. The minimum atomic E-state index is -0.324. The molecule has 1 aromatic carbocycles. The molecule has 1 aromatic rings. The average Bonchev–Trinajstić information content (AvgIpc) is 2.26. The molecule has 0 saturated carbocycles. The topological polar surface area (TPSA) is 69.2 Å². The summed E-state index contributed by atoms with van der Waals surface area (Å²) in [5, 5.41) is 10.9. The van der Waals surface area contributed by atoms with Gasteiger partial charge in [0.05, 0.1) is 4.92 Å². The summed E-state index contributed by atoms with van der Waals surface area (Å²) in [7, 11) is 0. The van der Waals surface area contributed by atoms with Gasteiger partial charge in [0.15, 0.2) is 0 Å². The zero-order chi connectivity index (χ0) is 13.9. The van der Waals surface area contributed by atoms with Crippen molar-refractivity contribution in [2.24, 2.45) is 17.6 Å². The van der Waals surface area contributed by atoms with Crippen LogP contribution in [0.3, 0.4) is 0 Å². The molecule has 0 aliphatic rings. The predicted octanol–water partition coefficient (Wildman–Crippen LogP) is 3.07. The average molecular weight is 250 g/mol. The van der Waals surface area contributed by atoms with Crippen LogP contribution in [0.2, 0.25) is 0 Å². The van der Waals surface area contributed by atoms with E-state index in [1.165, 1.54) is 0 Å². The van der Waals surface area contributed by atoms with Crippen LogP contribution in [0, 0.1) is 28.9 Å². The van der Waals surface area contributed by atoms with Crippen molar-refractivity contribution >= 4 is 5.69 Å². The number of nitrogens with two attached hydrogens (primary N) is 1. The van der Waals surface area contributed by atoms with Crippen molar-refractivity contribution in [3.8, 4) is 0 Å². The van der Waals surface area contributed by atoms with Crippen molar-refractivity contribution in [1.82, 2.24) is 0 Å². The summed E-state index contributed by atoms with van der Waals surface area (Å²) >= 11 is 0. The van der Waals surface area contributed by atoms with Crippen LogP contribution in [0.4, 0.5) is 5.69 Å². The third kappa shape index (κ3) is 3.29.